The van der Waals surface area contributed by atoms with E-state index in [1.807, 2.05) is 12.1 Å². The van der Waals surface area contributed by atoms with Crippen molar-refractivity contribution in [3.8, 4) is 5.75 Å². The number of amides is 1. The summed E-state index contributed by atoms with van der Waals surface area (Å²) in [5.41, 5.74) is 4.85. The molecule has 1 N–H and O–H groups in total. The normalized spacial score (nSPS) is 15.5. The molecule has 3 aromatic rings. The summed E-state index contributed by atoms with van der Waals surface area (Å²) in [5, 5.41) is 2.88. The number of anilines is 1. The summed E-state index contributed by atoms with van der Waals surface area (Å²) >= 11 is 0. The Hall–Kier alpha value is -3.31. The van der Waals surface area contributed by atoms with Gasteiger partial charge in [-0.3, -0.25) is 4.90 Å². The summed E-state index contributed by atoms with van der Waals surface area (Å²) in [7, 11) is 2.14. The Bertz CT molecular complexity index is 1070. The molecule has 1 amide bonds. The molecule has 0 saturated heterocycles. The first kappa shape index (κ1) is 24.8. The molecule has 3 aromatic carbocycles. The highest BCUT2D eigenvalue weighted by atomic mass is 16.6. The molecule has 184 valence electrons. The van der Waals surface area contributed by atoms with Crippen molar-refractivity contribution in [2.45, 2.75) is 58.3 Å². The van der Waals surface area contributed by atoms with Crippen molar-refractivity contribution < 1.29 is 9.53 Å². The highest BCUT2D eigenvalue weighted by Gasteiger charge is 2.31. The maximum Gasteiger partial charge on any atom is 0.412 e. The number of nitrogens with one attached hydrogen (secondary N) is 1. The summed E-state index contributed by atoms with van der Waals surface area (Å²) in [5.74, 6) is 0.582. The van der Waals surface area contributed by atoms with Gasteiger partial charge in [0.25, 0.3) is 0 Å². The van der Waals surface area contributed by atoms with Gasteiger partial charge in [0.05, 0.1) is 0 Å². The average molecular weight is 472 g/mol. The van der Waals surface area contributed by atoms with Crippen LogP contribution in [-0.2, 0) is 13.1 Å². The maximum atomic E-state index is 12.3. The molecule has 0 bridgehead atoms. The molecule has 0 fully saturated rings. The second kappa shape index (κ2) is 12.4. The molecule has 0 spiro atoms. The summed E-state index contributed by atoms with van der Waals surface area (Å²) in [6.45, 7) is 4.45. The highest BCUT2D eigenvalue weighted by Crippen LogP contribution is 2.40. The molecule has 1 aliphatic heterocycles. The number of ether oxygens (including phenoxy) is 1. The van der Waals surface area contributed by atoms with E-state index in [1.54, 1.807) is 0 Å². The number of nitrogens with zero attached hydrogens (tertiary/aromatic N) is 2. The predicted octanol–water partition coefficient (Wildman–Crippen LogP) is 6.90. The van der Waals surface area contributed by atoms with Gasteiger partial charge in [-0.1, -0.05) is 93.3 Å². The summed E-state index contributed by atoms with van der Waals surface area (Å²) in [6, 6.07) is 27.2. The number of unbranched alkanes of at least 4 members (excludes halogenated alkanes) is 4. The van der Waals surface area contributed by atoms with Crippen LogP contribution in [0.4, 0.5) is 10.5 Å². The van der Waals surface area contributed by atoms with E-state index in [2.05, 4.69) is 95.8 Å². The van der Waals surface area contributed by atoms with E-state index in [9.17, 15) is 4.79 Å². The molecule has 4 rings (SSSR count). The van der Waals surface area contributed by atoms with Crippen molar-refractivity contribution in [2.24, 2.45) is 0 Å². The second-order valence-corrected chi connectivity index (χ2v) is 9.31. The number of carbonyl (C=O) groups excluding carboxylic acids is 1. The molecule has 0 aromatic heterocycles. The Labute approximate surface area is 209 Å². The van der Waals surface area contributed by atoms with Gasteiger partial charge >= 0.3 is 6.09 Å². The molecule has 0 radical (unpaired) electrons. The molecule has 1 heterocycles. The fraction of sp³-hybridized carbons (Fsp3) is 0.367. The molecule has 1 atom stereocenters. The second-order valence-electron chi connectivity index (χ2n) is 9.31. The lowest BCUT2D eigenvalue weighted by atomic mass is 10.0. The van der Waals surface area contributed by atoms with E-state index in [-0.39, 0.29) is 12.3 Å². The van der Waals surface area contributed by atoms with Crippen LogP contribution in [0, 0.1) is 0 Å². The van der Waals surface area contributed by atoms with Gasteiger partial charge in [0.1, 0.15) is 11.9 Å². The molecule has 0 saturated carbocycles. The quantitative estimate of drug-likeness (QED) is 0.327. The van der Waals surface area contributed by atoms with Gasteiger partial charge in [-0.05, 0) is 41.3 Å². The number of rotatable bonds is 10. The minimum absolute atomic E-state index is 0.117. The predicted molar refractivity (Wildman–Crippen MR) is 143 cm³/mol. The average Bonchev–Trinajstić information content (AvgIpc) is 2.87. The van der Waals surface area contributed by atoms with Crippen LogP contribution in [0.5, 0.6) is 5.75 Å². The molecule has 0 aliphatic carbocycles. The van der Waals surface area contributed by atoms with Crippen LogP contribution in [0.3, 0.4) is 0 Å². The number of carbonyl (C=O) groups is 1. The van der Waals surface area contributed by atoms with E-state index in [1.165, 1.54) is 30.4 Å². The van der Waals surface area contributed by atoms with E-state index in [0.29, 0.717) is 12.3 Å². The Morgan fingerprint density at radius 1 is 0.943 bits per heavy atom. The topological polar surface area (TPSA) is 44.8 Å². The van der Waals surface area contributed by atoms with Crippen LogP contribution < -0.4 is 15.0 Å². The van der Waals surface area contributed by atoms with E-state index < -0.39 is 0 Å². The number of hydrogen-bond donors (Lipinski definition) is 1. The van der Waals surface area contributed by atoms with Crippen LogP contribution in [0.1, 0.15) is 61.9 Å². The largest absolute Gasteiger partial charge is 0.412 e. The zero-order chi connectivity index (χ0) is 24.5. The van der Waals surface area contributed by atoms with Gasteiger partial charge in [0, 0.05) is 32.4 Å². The molecule has 1 unspecified atom stereocenters. The van der Waals surface area contributed by atoms with Crippen molar-refractivity contribution >= 4 is 11.8 Å². The standard InChI is InChI=1S/C30H37N3O2/c1-3-4-5-6-13-20-31-30(34)35-27-18-19-28-26(21-27)23-33(22-24-14-9-7-10-15-24)29(32(28)2)25-16-11-8-12-17-25/h7-12,14-19,21,29H,3-6,13,20,22-23H2,1-2H3,(H,31,34). The lowest BCUT2D eigenvalue weighted by Gasteiger charge is -2.44. The van der Waals surface area contributed by atoms with Gasteiger partial charge < -0.3 is 15.0 Å². The SMILES string of the molecule is CCCCCCCNC(=O)Oc1ccc2c(c1)CN(Cc1ccccc1)C(c1ccccc1)N2C. The van der Waals surface area contributed by atoms with E-state index in [0.717, 1.165) is 37.2 Å². The first-order valence-electron chi connectivity index (χ1n) is 12.8. The van der Waals surface area contributed by atoms with Crippen molar-refractivity contribution in [3.05, 3.63) is 95.6 Å². The fourth-order valence-electron chi connectivity index (χ4n) is 4.86. The molecule has 5 nitrogen and oxygen atoms in total. The Morgan fingerprint density at radius 3 is 2.40 bits per heavy atom. The third-order valence-corrected chi connectivity index (χ3v) is 6.60. The zero-order valence-electron chi connectivity index (χ0n) is 21.0. The first-order valence-corrected chi connectivity index (χ1v) is 12.8. The molecule has 5 heteroatoms. The van der Waals surface area contributed by atoms with Crippen LogP contribution >= 0.6 is 0 Å². The van der Waals surface area contributed by atoms with Gasteiger partial charge in [-0.15, -0.1) is 0 Å². The third kappa shape index (κ3) is 6.64. The van der Waals surface area contributed by atoms with E-state index >= 15 is 0 Å². The van der Waals surface area contributed by atoms with Crippen LogP contribution in [0.2, 0.25) is 0 Å². The highest BCUT2D eigenvalue weighted by molar-refractivity contribution is 5.71. The Morgan fingerprint density at radius 2 is 1.66 bits per heavy atom. The third-order valence-electron chi connectivity index (χ3n) is 6.60. The van der Waals surface area contributed by atoms with Gasteiger partial charge in [0.2, 0.25) is 0 Å². The van der Waals surface area contributed by atoms with Crippen molar-refractivity contribution in [3.63, 3.8) is 0 Å². The zero-order valence-corrected chi connectivity index (χ0v) is 21.0. The first-order chi connectivity index (χ1) is 17.2. The summed E-state index contributed by atoms with van der Waals surface area (Å²) in [6.07, 6.45) is 5.55. The van der Waals surface area contributed by atoms with Crippen molar-refractivity contribution in [1.29, 1.82) is 0 Å². The fourth-order valence-corrected chi connectivity index (χ4v) is 4.86. The smallest absolute Gasteiger partial charge is 0.410 e. The van der Waals surface area contributed by atoms with Gasteiger partial charge in [0.15, 0.2) is 0 Å². The van der Waals surface area contributed by atoms with Crippen molar-refractivity contribution in [2.75, 3.05) is 18.5 Å². The Balaban J connectivity index is 1.47. The molecular weight excluding hydrogens is 434 g/mol. The molecule has 35 heavy (non-hydrogen) atoms. The van der Waals surface area contributed by atoms with E-state index in [4.69, 9.17) is 4.74 Å². The number of fused-ring (bicyclic) bond motifs is 1. The number of benzene rings is 3. The van der Waals surface area contributed by atoms with Crippen molar-refractivity contribution in [1.82, 2.24) is 10.2 Å². The lowest BCUT2D eigenvalue weighted by Crippen LogP contribution is -2.43. The number of hydrogen-bond acceptors (Lipinski definition) is 4. The summed E-state index contributed by atoms with van der Waals surface area (Å²) in [4.78, 5) is 17.1. The maximum absolute atomic E-state index is 12.3. The van der Waals surface area contributed by atoms with Crippen LogP contribution in [-0.4, -0.2) is 24.6 Å². The summed E-state index contributed by atoms with van der Waals surface area (Å²) < 4.78 is 5.62. The minimum atomic E-state index is -0.382. The molecular formula is C30H37N3O2. The Kier molecular flexibility index (Phi) is 8.79. The lowest BCUT2D eigenvalue weighted by molar-refractivity contribution is 0.165. The van der Waals surface area contributed by atoms with Gasteiger partial charge in [-0.25, -0.2) is 4.79 Å². The minimum Gasteiger partial charge on any atom is -0.410 e. The van der Waals surface area contributed by atoms with Gasteiger partial charge in [-0.2, -0.15) is 0 Å². The van der Waals surface area contributed by atoms with Crippen LogP contribution in [0.15, 0.2) is 78.9 Å². The monoisotopic (exact) mass is 471 g/mol. The van der Waals surface area contributed by atoms with Crippen LogP contribution in [0.25, 0.3) is 0 Å². The molecule has 1 aliphatic rings.